The molecule has 0 heterocycles. The molecule has 2 N–H and O–H groups in total. The van der Waals surface area contributed by atoms with Crippen LogP contribution in [0, 0.1) is 0 Å². The van der Waals surface area contributed by atoms with Gasteiger partial charge in [-0.25, -0.2) is 8.42 Å². The van der Waals surface area contributed by atoms with E-state index in [4.69, 9.17) is 4.74 Å². The van der Waals surface area contributed by atoms with Crippen LogP contribution in [0.5, 0.6) is 5.75 Å². The third-order valence-electron chi connectivity index (χ3n) is 2.80. The monoisotopic (exact) mass is 364 g/mol. The number of hydrogen-bond donors (Lipinski definition) is 2. The van der Waals surface area contributed by atoms with Gasteiger partial charge < -0.3 is 10.1 Å². The lowest BCUT2D eigenvalue weighted by Crippen LogP contribution is -2.35. The lowest BCUT2D eigenvalue weighted by Gasteiger charge is -2.16. The highest BCUT2D eigenvalue weighted by molar-refractivity contribution is 9.10. The smallest absolute Gasteiger partial charge is 0.236 e. The molecule has 1 unspecified atom stereocenters. The lowest BCUT2D eigenvalue weighted by molar-refractivity contribution is 0.412. The van der Waals surface area contributed by atoms with E-state index in [1.807, 2.05) is 6.92 Å². The first-order chi connectivity index (χ1) is 9.40. The van der Waals surface area contributed by atoms with E-state index < -0.39 is 15.3 Å². The van der Waals surface area contributed by atoms with Crippen molar-refractivity contribution in [2.24, 2.45) is 0 Å². The zero-order valence-electron chi connectivity index (χ0n) is 11.9. The van der Waals surface area contributed by atoms with Gasteiger partial charge in [0, 0.05) is 12.2 Å². The van der Waals surface area contributed by atoms with Crippen LogP contribution >= 0.6 is 15.9 Å². The zero-order valence-corrected chi connectivity index (χ0v) is 14.3. The molecule has 0 amide bonds. The number of rotatable bonds is 8. The average molecular weight is 365 g/mol. The summed E-state index contributed by atoms with van der Waals surface area (Å²) in [4.78, 5) is 0. The fraction of sp³-hybridized carbons (Fsp3) is 0.538. The van der Waals surface area contributed by atoms with Crippen LogP contribution < -0.4 is 14.8 Å². The first kappa shape index (κ1) is 17.3. The van der Waals surface area contributed by atoms with Crippen LogP contribution in [-0.4, -0.2) is 33.9 Å². The SMILES string of the molecule is CCCNCC(C)S(=O)(=O)Nc1ccc(OC)c(Br)c1. The van der Waals surface area contributed by atoms with E-state index in [0.717, 1.165) is 13.0 Å². The molecule has 0 spiro atoms. The minimum absolute atomic E-state index is 0.431. The first-order valence-electron chi connectivity index (χ1n) is 6.46. The Kier molecular flexibility index (Phi) is 6.78. The van der Waals surface area contributed by atoms with Crippen molar-refractivity contribution in [3.8, 4) is 5.75 Å². The Balaban J connectivity index is 2.72. The van der Waals surface area contributed by atoms with Crippen LogP contribution in [0.25, 0.3) is 0 Å². The summed E-state index contributed by atoms with van der Waals surface area (Å²) in [5, 5.41) is 2.60. The molecule has 1 aromatic carbocycles. The van der Waals surface area contributed by atoms with Crippen LogP contribution in [0.4, 0.5) is 5.69 Å². The molecule has 5 nitrogen and oxygen atoms in total. The molecule has 0 aliphatic heterocycles. The summed E-state index contributed by atoms with van der Waals surface area (Å²) < 4.78 is 32.7. The second-order valence-electron chi connectivity index (χ2n) is 4.51. The van der Waals surface area contributed by atoms with Crippen molar-refractivity contribution in [3.63, 3.8) is 0 Å². The summed E-state index contributed by atoms with van der Waals surface area (Å²) in [6, 6.07) is 5.07. The van der Waals surface area contributed by atoms with Gasteiger partial charge in [-0.1, -0.05) is 6.92 Å². The van der Waals surface area contributed by atoms with Gasteiger partial charge in [0.1, 0.15) is 5.75 Å². The fourth-order valence-electron chi connectivity index (χ4n) is 1.59. The topological polar surface area (TPSA) is 67.4 Å². The van der Waals surface area contributed by atoms with E-state index in [9.17, 15) is 8.42 Å². The van der Waals surface area contributed by atoms with Crippen molar-refractivity contribution in [1.29, 1.82) is 0 Å². The largest absolute Gasteiger partial charge is 0.496 e. The number of anilines is 1. The lowest BCUT2D eigenvalue weighted by atomic mass is 10.3. The Hall–Kier alpha value is -0.790. The molecule has 0 bridgehead atoms. The van der Waals surface area contributed by atoms with Crippen molar-refractivity contribution in [1.82, 2.24) is 5.32 Å². The minimum Gasteiger partial charge on any atom is -0.496 e. The minimum atomic E-state index is -3.40. The zero-order chi connectivity index (χ0) is 15.2. The number of ether oxygens (including phenoxy) is 1. The molecular weight excluding hydrogens is 344 g/mol. The number of halogens is 1. The van der Waals surface area contributed by atoms with Gasteiger partial charge in [-0.2, -0.15) is 0 Å². The molecule has 0 saturated heterocycles. The molecule has 7 heteroatoms. The number of hydrogen-bond acceptors (Lipinski definition) is 4. The maximum Gasteiger partial charge on any atom is 0.236 e. The van der Waals surface area contributed by atoms with Gasteiger partial charge in [0.15, 0.2) is 0 Å². The summed E-state index contributed by atoms with van der Waals surface area (Å²) >= 11 is 3.33. The quantitative estimate of drug-likeness (QED) is 0.695. The predicted octanol–water partition coefficient (Wildman–Crippen LogP) is 2.59. The molecule has 0 fully saturated rings. The Bertz CT molecular complexity index is 534. The van der Waals surface area contributed by atoms with Gasteiger partial charge in [0.25, 0.3) is 0 Å². The maximum atomic E-state index is 12.2. The van der Waals surface area contributed by atoms with Gasteiger partial charge in [-0.15, -0.1) is 0 Å². The first-order valence-corrected chi connectivity index (χ1v) is 8.80. The Labute approximate surface area is 129 Å². The summed E-state index contributed by atoms with van der Waals surface area (Å²) in [6.07, 6.45) is 0.978. The molecule has 0 radical (unpaired) electrons. The Morgan fingerprint density at radius 1 is 1.40 bits per heavy atom. The number of methoxy groups -OCH3 is 1. The summed E-state index contributed by atoms with van der Waals surface area (Å²) in [7, 11) is -1.84. The molecule has 0 aliphatic rings. The van der Waals surface area contributed by atoms with Crippen molar-refractivity contribution in [3.05, 3.63) is 22.7 Å². The molecule has 1 aromatic rings. The third-order valence-corrected chi connectivity index (χ3v) is 5.17. The van der Waals surface area contributed by atoms with Gasteiger partial charge in [0.2, 0.25) is 10.0 Å². The fourth-order valence-corrected chi connectivity index (χ4v) is 3.12. The van der Waals surface area contributed by atoms with E-state index in [1.54, 1.807) is 32.2 Å². The molecule has 1 rings (SSSR count). The number of benzene rings is 1. The van der Waals surface area contributed by atoms with Gasteiger partial charge in [0.05, 0.1) is 16.8 Å². The van der Waals surface area contributed by atoms with Crippen molar-refractivity contribution >= 4 is 31.6 Å². The molecule has 20 heavy (non-hydrogen) atoms. The molecule has 1 atom stereocenters. The molecule has 0 saturated carbocycles. The molecular formula is C13H21BrN2O3S. The van der Waals surface area contributed by atoms with Crippen LogP contribution in [0.2, 0.25) is 0 Å². The standard InChI is InChI=1S/C13H21BrN2O3S/c1-4-7-15-9-10(2)20(17,18)16-11-5-6-13(19-3)12(14)8-11/h5-6,8,10,15-16H,4,7,9H2,1-3H3. The van der Waals surface area contributed by atoms with Gasteiger partial charge in [-0.05, 0) is 54.0 Å². The van der Waals surface area contributed by atoms with Crippen molar-refractivity contribution in [2.75, 3.05) is 24.9 Å². The highest BCUT2D eigenvalue weighted by Crippen LogP contribution is 2.28. The van der Waals surface area contributed by atoms with Crippen LogP contribution in [0.1, 0.15) is 20.3 Å². The van der Waals surface area contributed by atoms with E-state index in [1.165, 1.54) is 0 Å². The molecule has 0 aliphatic carbocycles. The highest BCUT2D eigenvalue weighted by Gasteiger charge is 2.20. The highest BCUT2D eigenvalue weighted by atomic mass is 79.9. The van der Waals surface area contributed by atoms with Crippen molar-refractivity contribution in [2.45, 2.75) is 25.5 Å². The summed E-state index contributed by atoms with van der Waals surface area (Å²) in [6.45, 7) is 4.97. The van der Waals surface area contributed by atoms with Gasteiger partial charge in [-0.3, -0.25) is 4.72 Å². The normalized spacial score (nSPS) is 13.0. The number of nitrogens with one attached hydrogen (secondary N) is 2. The Morgan fingerprint density at radius 3 is 2.65 bits per heavy atom. The van der Waals surface area contributed by atoms with E-state index in [2.05, 4.69) is 26.0 Å². The molecule has 114 valence electrons. The second-order valence-corrected chi connectivity index (χ2v) is 7.46. The maximum absolute atomic E-state index is 12.2. The average Bonchev–Trinajstić information content (AvgIpc) is 2.38. The van der Waals surface area contributed by atoms with E-state index in [-0.39, 0.29) is 0 Å². The summed E-state index contributed by atoms with van der Waals surface area (Å²) in [5.41, 5.74) is 0.514. The van der Waals surface area contributed by atoms with E-state index in [0.29, 0.717) is 22.5 Å². The van der Waals surface area contributed by atoms with Crippen LogP contribution in [0.15, 0.2) is 22.7 Å². The van der Waals surface area contributed by atoms with E-state index >= 15 is 0 Å². The molecule has 0 aromatic heterocycles. The number of sulfonamides is 1. The predicted molar refractivity (Wildman–Crippen MR) is 85.9 cm³/mol. The summed E-state index contributed by atoms with van der Waals surface area (Å²) in [5.74, 6) is 0.658. The van der Waals surface area contributed by atoms with Crippen LogP contribution in [-0.2, 0) is 10.0 Å². The van der Waals surface area contributed by atoms with Crippen LogP contribution in [0.3, 0.4) is 0 Å². The van der Waals surface area contributed by atoms with Crippen molar-refractivity contribution < 1.29 is 13.2 Å². The third kappa shape index (κ3) is 4.96. The van der Waals surface area contributed by atoms with Gasteiger partial charge >= 0.3 is 0 Å². The second kappa shape index (κ2) is 7.85. The Morgan fingerprint density at radius 2 is 2.10 bits per heavy atom.